The van der Waals surface area contributed by atoms with Crippen LogP contribution in [0, 0.1) is 13.8 Å². The quantitative estimate of drug-likeness (QED) is 0.0252. The van der Waals surface area contributed by atoms with Gasteiger partial charge in [-0.1, -0.05) is 283 Å². The fourth-order valence-electron chi connectivity index (χ4n) is 13.3. The molecule has 10 heteroatoms. The van der Waals surface area contributed by atoms with E-state index >= 15 is 0 Å². The van der Waals surface area contributed by atoms with Crippen LogP contribution in [0.2, 0.25) is 0 Å². The van der Waals surface area contributed by atoms with E-state index in [9.17, 15) is 0 Å². The molecular weight excluding hydrogens is 1320 g/mol. The number of rotatable bonds is 26. The number of alkyl halides is 3. The minimum atomic E-state index is -0.750. The van der Waals surface area contributed by atoms with Crippen LogP contribution in [0.25, 0.3) is 22.3 Å². The fourth-order valence-corrected chi connectivity index (χ4v) is 14.2. The number of halogens is 5. The maximum atomic E-state index is 4.81. The Bertz CT molecular complexity index is 3520. The van der Waals surface area contributed by atoms with E-state index in [1.807, 2.05) is 0 Å². The molecule has 0 spiro atoms. The number of hydrogen-bond acceptors (Lipinski definition) is 4. The molecule has 8 aromatic carbocycles. The molecule has 0 N–H and O–H groups in total. The number of anilines is 6. The van der Waals surface area contributed by atoms with Gasteiger partial charge >= 0.3 is 24.8 Å². The summed E-state index contributed by atoms with van der Waals surface area (Å²) in [7, 11) is 4.34. The molecule has 0 saturated heterocycles. The van der Waals surface area contributed by atoms with Crippen molar-refractivity contribution in [3.63, 3.8) is 0 Å². The van der Waals surface area contributed by atoms with Gasteiger partial charge < -0.3 is 9.80 Å². The number of benzene rings is 8. The third-order valence-electron chi connectivity index (χ3n) is 18.3. The van der Waals surface area contributed by atoms with Gasteiger partial charge in [-0.05, 0) is 217 Å². The fraction of sp³-hybridized carbons (Fsp3) is 0.407. The number of thiol groups is 1. The normalized spacial score (nSPS) is 12.7. The molecule has 0 atom stereocenters. The molecule has 2 aliphatic carbocycles. The van der Waals surface area contributed by atoms with Crippen LogP contribution in [-0.4, -0.2) is 11.9 Å². The zero-order valence-electron chi connectivity index (χ0n) is 56.0. The molecule has 0 heterocycles. The Morgan fingerprint density at radius 3 is 1.02 bits per heavy atom. The Hall–Kier alpha value is -4.60. The second-order valence-corrected chi connectivity index (χ2v) is 29.9. The molecule has 0 fully saturated rings. The van der Waals surface area contributed by atoms with Gasteiger partial charge in [0.05, 0.1) is 0 Å². The van der Waals surface area contributed by atoms with Gasteiger partial charge in [-0.3, -0.25) is 0 Å². The molecule has 1 radical (unpaired) electrons. The van der Waals surface area contributed by atoms with Crippen molar-refractivity contribution in [2.24, 2.45) is 4.30 Å². The van der Waals surface area contributed by atoms with Crippen LogP contribution in [0.15, 0.2) is 171 Å². The Balaban J connectivity index is 0.000000235. The van der Waals surface area contributed by atoms with E-state index < -0.39 is 4.30 Å². The second kappa shape index (κ2) is 36.3. The summed E-state index contributed by atoms with van der Waals surface area (Å²) < 4.78 is 4.36. The average Bonchev–Trinajstić information content (AvgIpc) is 1.60. The average molecular weight is 1420 g/mol. The summed E-state index contributed by atoms with van der Waals surface area (Å²) in [4.78, 5) is 4.98. The third kappa shape index (κ3) is 19.8. The van der Waals surface area contributed by atoms with Gasteiger partial charge in [-0.15, -0.1) is 0 Å². The zero-order valence-corrected chi connectivity index (χ0v) is 62.3. The van der Waals surface area contributed by atoms with E-state index in [0.29, 0.717) is 0 Å². The van der Waals surface area contributed by atoms with Gasteiger partial charge in [-0.2, -0.15) is 0 Å². The van der Waals surface area contributed by atoms with Crippen LogP contribution >= 0.6 is 79.5 Å². The van der Waals surface area contributed by atoms with Crippen molar-refractivity contribution in [2.75, 3.05) is 9.80 Å². The monoisotopic (exact) mass is 1420 g/mol. The molecule has 10 rings (SSSR count). The van der Waals surface area contributed by atoms with Crippen molar-refractivity contribution in [3.05, 3.63) is 222 Å². The van der Waals surface area contributed by atoms with Gasteiger partial charge in [0.15, 0.2) is 4.30 Å². The van der Waals surface area contributed by atoms with E-state index in [2.05, 4.69) is 293 Å². The molecule has 0 aromatic heterocycles. The molecule has 2 aliphatic rings. The Labute approximate surface area is 587 Å². The Kier molecular flexibility index (Phi) is 29.5. The van der Waals surface area contributed by atoms with Crippen LogP contribution in [0.3, 0.4) is 0 Å². The van der Waals surface area contributed by atoms with Crippen molar-refractivity contribution >= 4 is 121 Å². The third-order valence-corrected chi connectivity index (χ3v) is 19.8. The van der Waals surface area contributed by atoms with Gasteiger partial charge in [0.25, 0.3) is 0 Å². The van der Waals surface area contributed by atoms with Crippen molar-refractivity contribution < 1.29 is 0 Å². The van der Waals surface area contributed by atoms with E-state index in [1.165, 1.54) is 224 Å². The SMILES string of the molecule is CCCCCCc1cc(N(c2ccc(Br)c(CCCCCC)c2)c2ccc3c(c2)C(C)(C)c2cc(C)ccc2-3)ccc1Br.CCCCCCc1cccc(N(c2cccc(CCCCCC)c2)c2ccc3c(c2)C(C)(C)c2cc(C)ccc2-3)c1.ClC(Cl)Cl.[B]=NS. The summed E-state index contributed by atoms with van der Waals surface area (Å²) in [5.74, 6) is 0. The summed E-state index contributed by atoms with van der Waals surface area (Å²) in [6.07, 6.45) is 25.0. The molecule has 0 saturated carbocycles. The first-order chi connectivity index (χ1) is 43.8. The zero-order chi connectivity index (χ0) is 65.7. The number of hydrogen-bond donors (Lipinski definition) is 1. The molecule has 0 bridgehead atoms. The van der Waals surface area contributed by atoms with Crippen molar-refractivity contribution in [1.82, 2.24) is 0 Å². The van der Waals surface area contributed by atoms with Crippen molar-refractivity contribution in [1.29, 1.82) is 0 Å². The first-order valence-electron chi connectivity index (χ1n) is 33.6. The van der Waals surface area contributed by atoms with Crippen molar-refractivity contribution in [2.45, 2.75) is 213 Å². The van der Waals surface area contributed by atoms with Crippen LogP contribution in [-0.2, 0) is 36.5 Å². The van der Waals surface area contributed by atoms with E-state index in [1.54, 1.807) is 0 Å². The summed E-state index contributed by atoms with van der Waals surface area (Å²) in [5, 5.41) is 0. The molecule has 0 unspecified atom stereocenters. The standard InChI is InChI=1S/C40H47Br2N.C40H49N.CHCl3.BHNS/c1-6-8-10-12-14-29-25-31(18-22-38(29)41)43(32-19-23-39(42)30(26-32)15-13-11-9-7-2)33-17-21-35-34-20-16-28(3)24-36(34)40(4,5)37(35)27-33;1-6-8-10-12-16-31-18-14-20-33(27-31)41(34-21-15-19-32(28-34)17-13-11-9-7-2)35-23-25-37-36-24-22-30(3)26-38(36)40(4,5)39(37)29-35;2-1(3)4;1-2-3/h16-27H,6-15H2,1-5H3;14-15,18-29H,6-13,16-17H2,1-5H3;1H;3H. The van der Waals surface area contributed by atoms with Gasteiger partial charge in [0.1, 0.15) is 0 Å². The van der Waals surface area contributed by atoms with Gasteiger partial charge in [0, 0.05) is 53.9 Å². The topological polar surface area (TPSA) is 18.8 Å². The first kappa shape index (κ1) is 73.8. The predicted molar refractivity (Wildman–Crippen MR) is 412 cm³/mol. The van der Waals surface area contributed by atoms with Crippen LogP contribution in [0.4, 0.5) is 34.1 Å². The number of unbranched alkanes of at least 4 members (excludes halogenated alkanes) is 12. The number of nitrogens with zero attached hydrogens (tertiary/aromatic N) is 3. The van der Waals surface area contributed by atoms with Crippen LogP contribution in [0.5, 0.6) is 0 Å². The molecular formula is C81H98BBr2Cl3N3S. The minimum absolute atomic E-state index is 0.0272. The molecule has 8 aromatic rings. The summed E-state index contributed by atoms with van der Waals surface area (Å²) in [6.45, 7) is 23.1. The molecule has 0 amide bonds. The Morgan fingerprint density at radius 1 is 0.396 bits per heavy atom. The van der Waals surface area contributed by atoms with Gasteiger partial charge in [-0.25, -0.2) is 0 Å². The Morgan fingerprint density at radius 2 is 0.681 bits per heavy atom. The molecule has 0 aliphatic heterocycles. The van der Waals surface area contributed by atoms with E-state index in [4.69, 9.17) is 34.8 Å². The number of fused-ring (bicyclic) bond motifs is 6. The molecule has 481 valence electrons. The predicted octanol–water partition coefficient (Wildman–Crippen LogP) is 27.7. The van der Waals surface area contributed by atoms with E-state index in [0.717, 1.165) is 25.7 Å². The summed E-state index contributed by atoms with van der Waals surface area (Å²) in [5.41, 5.74) is 26.8. The first-order valence-corrected chi connectivity index (χ1v) is 36.9. The number of aryl methyl sites for hydroxylation is 6. The van der Waals surface area contributed by atoms with Crippen molar-refractivity contribution in [3.8, 4) is 22.3 Å². The summed E-state index contributed by atoms with van der Waals surface area (Å²) in [6, 6.07) is 60.6. The van der Waals surface area contributed by atoms with E-state index in [-0.39, 0.29) is 10.8 Å². The molecule has 3 nitrogen and oxygen atoms in total. The maximum absolute atomic E-state index is 4.81. The van der Waals surface area contributed by atoms with Crippen LogP contribution < -0.4 is 9.80 Å². The molecule has 91 heavy (non-hydrogen) atoms. The summed E-state index contributed by atoms with van der Waals surface area (Å²) >= 11 is 25.4. The second-order valence-electron chi connectivity index (χ2n) is 26.0. The van der Waals surface area contributed by atoms with Gasteiger partial charge in [0.2, 0.25) is 0 Å². The van der Waals surface area contributed by atoms with Crippen LogP contribution in [0.1, 0.15) is 214 Å².